The molecule has 0 bridgehead atoms. The van der Waals surface area contributed by atoms with Crippen molar-refractivity contribution in [3.8, 4) is 17.1 Å². The highest BCUT2D eigenvalue weighted by Crippen LogP contribution is 2.19. The third-order valence-corrected chi connectivity index (χ3v) is 3.09. The van der Waals surface area contributed by atoms with Gasteiger partial charge in [-0.1, -0.05) is 17.3 Å². The molecule has 3 rings (SSSR count). The summed E-state index contributed by atoms with van der Waals surface area (Å²) in [5, 5.41) is 22.3. The summed E-state index contributed by atoms with van der Waals surface area (Å²) in [5.41, 5.74) is 0.776. The van der Waals surface area contributed by atoms with E-state index in [1.54, 1.807) is 12.1 Å². The quantitative estimate of drug-likeness (QED) is 0.496. The van der Waals surface area contributed by atoms with Crippen LogP contribution < -0.4 is 10.2 Å². The molecule has 2 aromatic heterocycles. The molecule has 0 fully saturated rings. The van der Waals surface area contributed by atoms with Gasteiger partial charge in [0.2, 0.25) is 5.82 Å². The maximum atomic E-state index is 11.2. The van der Waals surface area contributed by atoms with Crippen molar-refractivity contribution in [3.63, 3.8) is 0 Å². The first-order valence-corrected chi connectivity index (χ1v) is 6.61. The second kappa shape index (κ2) is 6.47. The summed E-state index contributed by atoms with van der Waals surface area (Å²) < 4.78 is 15.4. The van der Waals surface area contributed by atoms with Crippen LogP contribution in [0.25, 0.3) is 11.4 Å². The number of hydrogen-bond donors (Lipinski definition) is 2. The van der Waals surface area contributed by atoms with Gasteiger partial charge in [0.1, 0.15) is 12.0 Å². The minimum Gasteiger partial charge on any atom is -0.483 e. The van der Waals surface area contributed by atoms with Gasteiger partial charge < -0.3 is 23.7 Å². The van der Waals surface area contributed by atoms with E-state index in [0.29, 0.717) is 17.7 Å². The molecule has 2 heterocycles. The first-order valence-electron chi connectivity index (χ1n) is 6.61. The smallest absolute Gasteiger partial charge is 0.483 e. The largest absolute Gasteiger partial charge is 0.489 e. The number of aldehydes is 1. The van der Waals surface area contributed by atoms with Crippen LogP contribution in [0.15, 0.2) is 45.7 Å². The Balaban J connectivity index is 1.76. The van der Waals surface area contributed by atoms with Gasteiger partial charge in [0.05, 0.1) is 17.4 Å². The topological polar surface area (TPSA) is 119 Å². The number of nitrogens with zero attached hydrogens (tertiary/aromatic N) is 2. The Morgan fingerprint density at radius 1 is 1.30 bits per heavy atom. The van der Waals surface area contributed by atoms with Crippen LogP contribution in [0.3, 0.4) is 0 Å². The van der Waals surface area contributed by atoms with E-state index in [9.17, 15) is 14.8 Å². The van der Waals surface area contributed by atoms with Crippen molar-refractivity contribution in [2.75, 3.05) is 0 Å². The molecule has 0 aliphatic rings. The van der Waals surface area contributed by atoms with Crippen LogP contribution >= 0.6 is 0 Å². The molecule has 3 aromatic rings. The lowest BCUT2D eigenvalue weighted by atomic mass is 9.77. The molecule has 9 heteroatoms. The van der Waals surface area contributed by atoms with Crippen molar-refractivity contribution in [1.82, 2.24) is 10.1 Å². The highest BCUT2D eigenvalue weighted by atomic mass is 16.5. The minimum atomic E-state index is -1.77. The predicted octanol–water partition coefficient (Wildman–Crippen LogP) is 0.401. The zero-order chi connectivity index (χ0) is 16.2. The monoisotopic (exact) mass is 314 g/mol. The second-order valence-corrected chi connectivity index (χ2v) is 4.56. The van der Waals surface area contributed by atoms with Gasteiger partial charge in [0.15, 0.2) is 12.9 Å². The molecule has 0 saturated heterocycles. The zero-order valence-corrected chi connectivity index (χ0v) is 11.7. The highest BCUT2D eigenvalue weighted by Gasteiger charge is 2.19. The summed E-state index contributed by atoms with van der Waals surface area (Å²) in [7, 11) is -1.77. The molecule has 0 radical (unpaired) electrons. The number of rotatable bonds is 6. The molecule has 0 unspecified atom stereocenters. The number of hydrogen-bond acceptors (Lipinski definition) is 8. The molecule has 0 saturated carbocycles. The van der Waals surface area contributed by atoms with Crippen molar-refractivity contribution >= 4 is 18.9 Å². The van der Waals surface area contributed by atoms with E-state index in [-0.39, 0.29) is 29.3 Å². The number of benzene rings is 1. The Morgan fingerprint density at radius 3 is 2.87 bits per heavy atom. The standard InChI is InChI=1S/C14H11BN2O6/c18-6-10-11(15(19)20)2-1-3-12(10)22-8-13-16-14(17-23-13)9-4-5-21-7-9/h1-7,19-20H,8H2. The van der Waals surface area contributed by atoms with Gasteiger partial charge in [-0.3, -0.25) is 4.79 Å². The van der Waals surface area contributed by atoms with Gasteiger partial charge in [-0.2, -0.15) is 4.98 Å². The van der Waals surface area contributed by atoms with Crippen molar-refractivity contribution < 1.29 is 28.5 Å². The zero-order valence-electron chi connectivity index (χ0n) is 11.7. The SMILES string of the molecule is O=Cc1c(OCc2nc(-c3ccoc3)no2)cccc1B(O)O. The van der Waals surface area contributed by atoms with E-state index in [1.165, 1.54) is 24.7 Å². The Kier molecular flexibility index (Phi) is 4.22. The van der Waals surface area contributed by atoms with E-state index in [4.69, 9.17) is 13.7 Å². The summed E-state index contributed by atoms with van der Waals surface area (Å²) in [6, 6.07) is 6.18. The lowest BCUT2D eigenvalue weighted by Crippen LogP contribution is -2.33. The lowest BCUT2D eigenvalue weighted by molar-refractivity contribution is 0.111. The average molecular weight is 314 g/mol. The molecule has 0 aliphatic heterocycles. The number of ether oxygens (including phenoxy) is 1. The van der Waals surface area contributed by atoms with Crippen molar-refractivity contribution in [2.45, 2.75) is 6.61 Å². The van der Waals surface area contributed by atoms with E-state index in [0.717, 1.165) is 0 Å². The van der Waals surface area contributed by atoms with Crippen LogP contribution in [0.2, 0.25) is 0 Å². The van der Waals surface area contributed by atoms with Crippen molar-refractivity contribution in [1.29, 1.82) is 0 Å². The van der Waals surface area contributed by atoms with E-state index < -0.39 is 7.12 Å². The summed E-state index contributed by atoms with van der Waals surface area (Å²) in [4.78, 5) is 15.3. The minimum absolute atomic E-state index is 0.0528. The number of carbonyl (C=O) groups is 1. The van der Waals surface area contributed by atoms with Crippen LogP contribution in [-0.2, 0) is 6.61 Å². The maximum Gasteiger partial charge on any atom is 0.489 e. The van der Waals surface area contributed by atoms with E-state index in [1.807, 2.05) is 0 Å². The van der Waals surface area contributed by atoms with E-state index in [2.05, 4.69) is 10.1 Å². The van der Waals surface area contributed by atoms with Crippen LogP contribution in [0, 0.1) is 0 Å². The van der Waals surface area contributed by atoms with Gasteiger partial charge in [-0.25, -0.2) is 0 Å². The molecule has 0 aliphatic carbocycles. The van der Waals surface area contributed by atoms with Gasteiger partial charge in [-0.05, 0) is 17.6 Å². The Morgan fingerprint density at radius 2 is 2.17 bits per heavy atom. The normalized spacial score (nSPS) is 10.5. The summed E-state index contributed by atoms with van der Waals surface area (Å²) in [6.07, 6.45) is 3.46. The molecule has 0 atom stereocenters. The van der Waals surface area contributed by atoms with Crippen molar-refractivity contribution in [2.24, 2.45) is 0 Å². The Hall–Kier alpha value is -2.91. The van der Waals surface area contributed by atoms with Crippen LogP contribution in [0.5, 0.6) is 5.75 Å². The summed E-state index contributed by atoms with van der Waals surface area (Å²) >= 11 is 0. The molecule has 23 heavy (non-hydrogen) atoms. The molecule has 0 spiro atoms. The first-order chi connectivity index (χ1) is 11.2. The second-order valence-electron chi connectivity index (χ2n) is 4.56. The number of aromatic nitrogens is 2. The van der Waals surface area contributed by atoms with Gasteiger partial charge in [0.25, 0.3) is 5.89 Å². The number of carbonyl (C=O) groups excluding carboxylic acids is 1. The molecule has 0 amide bonds. The first kappa shape index (κ1) is 15.0. The average Bonchev–Trinajstić information content (AvgIpc) is 3.23. The van der Waals surface area contributed by atoms with Gasteiger partial charge in [-0.15, -0.1) is 0 Å². The molecular weight excluding hydrogens is 303 g/mol. The third kappa shape index (κ3) is 3.15. The van der Waals surface area contributed by atoms with Crippen LogP contribution in [0.1, 0.15) is 16.2 Å². The van der Waals surface area contributed by atoms with E-state index >= 15 is 0 Å². The van der Waals surface area contributed by atoms with Crippen molar-refractivity contribution in [3.05, 3.63) is 48.2 Å². The molecular formula is C14H11BN2O6. The van der Waals surface area contributed by atoms with Crippen LogP contribution in [0.4, 0.5) is 0 Å². The predicted molar refractivity (Wildman–Crippen MR) is 78.0 cm³/mol. The lowest BCUT2D eigenvalue weighted by Gasteiger charge is -2.09. The summed E-state index contributed by atoms with van der Waals surface area (Å²) in [5.74, 6) is 0.745. The Labute approximate surface area is 130 Å². The molecule has 2 N–H and O–H groups in total. The molecule has 8 nitrogen and oxygen atoms in total. The number of furan rings is 1. The van der Waals surface area contributed by atoms with Gasteiger partial charge >= 0.3 is 7.12 Å². The molecule has 116 valence electrons. The fourth-order valence-electron chi connectivity index (χ4n) is 2.00. The molecule has 1 aromatic carbocycles. The fraction of sp³-hybridized carbons (Fsp3) is 0.0714. The summed E-state index contributed by atoms with van der Waals surface area (Å²) in [6.45, 7) is -0.0727. The fourth-order valence-corrected chi connectivity index (χ4v) is 2.00. The van der Waals surface area contributed by atoms with Gasteiger partial charge in [0, 0.05) is 0 Å². The maximum absolute atomic E-state index is 11.2. The third-order valence-electron chi connectivity index (χ3n) is 3.09. The highest BCUT2D eigenvalue weighted by molar-refractivity contribution is 6.60. The Bertz CT molecular complexity index is 799. The van der Waals surface area contributed by atoms with Crippen LogP contribution in [-0.4, -0.2) is 33.6 Å².